The fraction of sp³-hybridized carbons (Fsp3) is 0.0769. The fourth-order valence-electron chi connectivity index (χ4n) is 1.55. The molecule has 0 atom stereocenters. The zero-order chi connectivity index (χ0) is 14.9. The quantitative estimate of drug-likeness (QED) is 0.474. The number of hydrogen-bond donors (Lipinski definition) is 0. The lowest BCUT2D eigenvalue weighted by Crippen LogP contribution is -2.11. The molecule has 0 aliphatic rings. The van der Waals surface area contributed by atoms with Crippen LogP contribution in [0.3, 0.4) is 0 Å². The van der Waals surface area contributed by atoms with Gasteiger partial charge in [0.1, 0.15) is 16.7 Å². The van der Waals surface area contributed by atoms with Gasteiger partial charge in [0.15, 0.2) is 5.78 Å². The van der Waals surface area contributed by atoms with Crippen LogP contribution in [0.15, 0.2) is 36.4 Å². The monoisotopic (exact) mass is 303 g/mol. The first-order valence-corrected chi connectivity index (χ1v) is 5.71. The molecule has 0 unspecified atom stereocenters. The summed E-state index contributed by atoms with van der Waals surface area (Å²) in [5, 5.41) is -0.618. The summed E-state index contributed by atoms with van der Waals surface area (Å²) >= 11 is 5.58. The van der Waals surface area contributed by atoms with Gasteiger partial charge in [-0.3, -0.25) is 4.79 Å². The number of ketones is 1. The van der Waals surface area contributed by atoms with E-state index in [4.69, 9.17) is 11.6 Å². The SMILES string of the molecule is O=C(c1ccccc1F)c1ccc(C(F)(F)F)nc1Cl. The number of benzene rings is 1. The molecular formula is C13H6ClF4NO. The van der Waals surface area contributed by atoms with Gasteiger partial charge in [0, 0.05) is 0 Å². The largest absolute Gasteiger partial charge is 0.433 e. The van der Waals surface area contributed by atoms with Gasteiger partial charge in [-0.05, 0) is 24.3 Å². The summed E-state index contributed by atoms with van der Waals surface area (Å²) in [7, 11) is 0. The van der Waals surface area contributed by atoms with Crippen LogP contribution in [0.4, 0.5) is 17.6 Å². The van der Waals surface area contributed by atoms with Crippen LogP contribution in [0.2, 0.25) is 5.15 Å². The van der Waals surface area contributed by atoms with Gasteiger partial charge in [-0.25, -0.2) is 9.37 Å². The lowest BCUT2D eigenvalue weighted by atomic mass is 10.0. The van der Waals surface area contributed by atoms with Gasteiger partial charge in [-0.2, -0.15) is 13.2 Å². The second kappa shape index (κ2) is 5.20. The van der Waals surface area contributed by atoms with E-state index in [0.29, 0.717) is 6.07 Å². The normalized spacial score (nSPS) is 11.4. The molecule has 0 bridgehead atoms. The predicted octanol–water partition coefficient (Wildman–Crippen LogP) is 4.12. The Balaban J connectivity index is 2.45. The molecule has 2 nitrogen and oxygen atoms in total. The third-order valence-electron chi connectivity index (χ3n) is 2.50. The Morgan fingerprint density at radius 1 is 1.05 bits per heavy atom. The van der Waals surface area contributed by atoms with E-state index in [1.54, 1.807) is 0 Å². The standard InChI is InChI=1S/C13H6ClF4NO/c14-12-8(5-6-10(19-12)13(16,17)18)11(20)7-3-1-2-4-9(7)15/h1-6H. The highest BCUT2D eigenvalue weighted by atomic mass is 35.5. The molecule has 0 radical (unpaired) electrons. The number of carbonyl (C=O) groups is 1. The molecule has 1 heterocycles. The average molecular weight is 304 g/mol. The summed E-state index contributed by atoms with van der Waals surface area (Å²) < 4.78 is 50.7. The van der Waals surface area contributed by atoms with Crippen molar-refractivity contribution in [3.8, 4) is 0 Å². The van der Waals surface area contributed by atoms with Crippen molar-refractivity contribution in [3.05, 3.63) is 64.2 Å². The van der Waals surface area contributed by atoms with Crippen molar-refractivity contribution < 1.29 is 22.4 Å². The van der Waals surface area contributed by atoms with Gasteiger partial charge < -0.3 is 0 Å². The summed E-state index contributed by atoms with van der Waals surface area (Å²) in [6, 6.07) is 6.61. The molecule has 0 aliphatic carbocycles. The van der Waals surface area contributed by atoms with Crippen molar-refractivity contribution in [2.45, 2.75) is 6.18 Å². The number of rotatable bonds is 2. The van der Waals surface area contributed by atoms with Gasteiger partial charge in [-0.15, -0.1) is 0 Å². The van der Waals surface area contributed by atoms with E-state index in [1.165, 1.54) is 18.2 Å². The fourth-order valence-corrected chi connectivity index (χ4v) is 1.79. The minimum atomic E-state index is -4.66. The first-order valence-electron chi connectivity index (χ1n) is 5.33. The average Bonchev–Trinajstić information content (AvgIpc) is 2.37. The minimum absolute atomic E-state index is 0.282. The molecule has 104 valence electrons. The number of alkyl halides is 3. The van der Waals surface area contributed by atoms with E-state index in [1.807, 2.05) is 0 Å². The number of aromatic nitrogens is 1. The molecular weight excluding hydrogens is 298 g/mol. The summed E-state index contributed by atoms with van der Waals surface area (Å²) in [5.41, 5.74) is -1.78. The number of halogens is 5. The van der Waals surface area contributed by atoms with Gasteiger partial charge >= 0.3 is 6.18 Å². The first kappa shape index (κ1) is 14.5. The molecule has 0 spiro atoms. The van der Waals surface area contributed by atoms with Crippen molar-refractivity contribution in [3.63, 3.8) is 0 Å². The van der Waals surface area contributed by atoms with E-state index < -0.39 is 28.6 Å². The summed E-state index contributed by atoms with van der Waals surface area (Å²) in [4.78, 5) is 15.1. The van der Waals surface area contributed by atoms with Crippen molar-refractivity contribution in [2.24, 2.45) is 0 Å². The van der Waals surface area contributed by atoms with Crippen LogP contribution in [0.25, 0.3) is 0 Å². The highest BCUT2D eigenvalue weighted by molar-refractivity contribution is 6.33. The molecule has 7 heteroatoms. The molecule has 0 saturated heterocycles. The maximum atomic E-state index is 13.5. The molecule has 0 aliphatic heterocycles. The molecule has 0 N–H and O–H groups in total. The minimum Gasteiger partial charge on any atom is -0.288 e. The van der Waals surface area contributed by atoms with Crippen LogP contribution in [-0.2, 0) is 6.18 Å². The summed E-state index contributed by atoms with van der Waals surface area (Å²) in [5.74, 6) is -1.61. The molecule has 2 aromatic rings. The third-order valence-corrected chi connectivity index (χ3v) is 2.79. The first-order chi connectivity index (χ1) is 9.30. The van der Waals surface area contributed by atoms with E-state index in [9.17, 15) is 22.4 Å². The van der Waals surface area contributed by atoms with Crippen LogP contribution >= 0.6 is 11.6 Å². The lowest BCUT2D eigenvalue weighted by Gasteiger charge is -2.08. The van der Waals surface area contributed by atoms with E-state index in [0.717, 1.165) is 12.1 Å². The molecule has 1 aromatic heterocycles. The summed E-state index contributed by atoms with van der Waals surface area (Å²) in [6.07, 6.45) is -4.66. The Morgan fingerprint density at radius 2 is 1.70 bits per heavy atom. The van der Waals surface area contributed by atoms with Crippen LogP contribution in [-0.4, -0.2) is 10.8 Å². The number of hydrogen-bond acceptors (Lipinski definition) is 2. The van der Waals surface area contributed by atoms with Crippen LogP contribution in [0.1, 0.15) is 21.6 Å². The maximum absolute atomic E-state index is 13.5. The molecule has 0 saturated carbocycles. The van der Waals surface area contributed by atoms with Crippen LogP contribution in [0.5, 0.6) is 0 Å². The van der Waals surface area contributed by atoms with E-state index >= 15 is 0 Å². The number of carbonyl (C=O) groups excluding carboxylic acids is 1. The van der Waals surface area contributed by atoms with Crippen molar-refractivity contribution in [1.82, 2.24) is 4.98 Å². The number of nitrogens with zero attached hydrogens (tertiary/aromatic N) is 1. The van der Waals surface area contributed by atoms with E-state index in [2.05, 4.69) is 4.98 Å². The highest BCUT2D eigenvalue weighted by Gasteiger charge is 2.33. The van der Waals surface area contributed by atoms with Gasteiger partial charge in [-0.1, -0.05) is 23.7 Å². The van der Waals surface area contributed by atoms with E-state index in [-0.39, 0.29) is 11.1 Å². The Bertz CT molecular complexity index is 670. The zero-order valence-corrected chi connectivity index (χ0v) is 10.5. The summed E-state index contributed by atoms with van der Waals surface area (Å²) in [6.45, 7) is 0. The third kappa shape index (κ3) is 2.80. The van der Waals surface area contributed by atoms with Gasteiger partial charge in [0.05, 0.1) is 11.1 Å². The molecule has 0 fully saturated rings. The van der Waals surface area contributed by atoms with Crippen molar-refractivity contribution in [1.29, 1.82) is 0 Å². The van der Waals surface area contributed by atoms with Gasteiger partial charge in [0.2, 0.25) is 0 Å². The topological polar surface area (TPSA) is 30.0 Å². The lowest BCUT2D eigenvalue weighted by molar-refractivity contribution is -0.141. The molecule has 2 rings (SSSR count). The molecule has 0 amide bonds. The Hall–Kier alpha value is -1.95. The number of pyridine rings is 1. The van der Waals surface area contributed by atoms with Gasteiger partial charge in [0.25, 0.3) is 0 Å². The Morgan fingerprint density at radius 3 is 2.25 bits per heavy atom. The smallest absolute Gasteiger partial charge is 0.288 e. The second-order valence-electron chi connectivity index (χ2n) is 3.84. The Labute approximate surface area is 116 Å². The zero-order valence-electron chi connectivity index (χ0n) is 9.71. The van der Waals surface area contributed by atoms with Crippen molar-refractivity contribution in [2.75, 3.05) is 0 Å². The highest BCUT2D eigenvalue weighted by Crippen LogP contribution is 2.30. The maximum Gasteiger partial charge on any atom is 0.433 e. The molecule has 1 aromatic carbocycles. The predicted molar refractivity (Wildman–Crippen MR) is 64.1 cm³/mol. The second-order valence-corrected chi connectivity index (χ2v) is 4.20. The van der Waals surface area contributed by atoms with Crippen LogP contribution < -0.4 is 0 Å². The van der Waals surface area contributed by atoms with Crippen LogP contribution in [0, 0.1) is 5.82 Å². The van der Waals surface area contributed by atoms with Crippen molar-refractivity contribution >= 4 is 17.4 Å². The molecule has 20 heavy (non-hydrogen) atoms. The Kier molecular flexibility index (Phi) is 3.76.